The Kier molecular flexibility index (Phi) is 4.87. The average Bonchev–Trinajstić information content (AvgIpc) is 2.34. The Morgan fingerprint density at radius 3 is 2.94 bits per heavy atom. The molecule has 90 valence electrons. The second kappa shape index (κ2) is 6.42. The fraction of sp³-hybridized carbons (Fsp3) is 0.250. The molecular formula is C12H14N2O3. The first-order valence-electron chi connectivity index (χ1n) is 5.24. The number of nitrogens with one attached hydrogen (secondary N) is 1. The molecule has 0 saturated heterocycles. The van der Waals surface area contributed by atoms with Crippen LogP contribution in [-0.4, -0.2) is 28.5 Å². The molecule has 1 aromatic heterocycles. The van der Waals surface area contributed by atoms with E-state index in [0.717, 1.165) is 6.42 Å². The highest BCUT2D eigenvalue weighted by molar-refractivity contribution is 5.96. The third kappa shape index (κ3) is 4.06. The number of nitrogens with zero attached hydrogens (tertiary/aromatic N) is 1. The fourth-order valence-electron chi connectivity index (χ4n) is 1.23. The topological polar surface area (TPSA) is 79.3 Å². The van der Waals surface area contributed by atoms with Crippen LogP contribution in [0.3, 0.4) is 0 Å². The van der Waals surface area contributed by atoms with Crippen LogP contribution in [-0.2, 0) is 0 Å². The van der Waals surface area contributed by atoms with Gasteiger partial charge in [-0.1, -0.05) is 12.2 Å². The number of aromatic carboxylic acids is 1. The fourth-order valence-corrected chi connectivity index (χ4v) is 1.23. The van der Waals surface area contributed by atoms with Crippen LogP contribution in [0.2, 0.25) is 0 Å². The molecule has 0 fully saturated rings. The molecular weight excluding hydrogens is 220 g/mol. The lowest BCUT2D eigenvalue weighted by Crippen LogP contribution is -2.24. The van der Waals surface area contributed by atoms with E-state index in [4.69, 9.17) is 5.11 Å². The normalized spacial score (nSPS) is 10.4. The molecule has 17 heavy (non-hydrogen) atoms. The van der Waals surface area contributed by atoms with Crippen molar-refractivity contribution in [2.45, 2.75) is 13.3 Å². The Balaban J connectivity index is 2.62. The second-order valence-electron chi connectivity index (χ2n) is 3.35. The third-order valence-electron chi connectivity index (χ3n) is 2.07. The van der Waals surface area contributed by atoms with Crippen molar-refractivity contribution < 1.29 is 14.7 Å². The lowest BCUT2D eigenvalue weighted by Gasteiger charge is -2.03. The maximum Gasteiger partial charge on any atom is 0.354 e. The highest BCUT2D eigenvalue weighted by Crippen LogP contribution is 2.01. The quantitative estimate of drug-likeness (QED) is 0.597. The summed E-state index contributed by atoms with van der Waals surface area (Å²) in [6, 6.07) is 2.74. The number of rotatable bonds is 5. The number of amides is 1. The number of carboxylic acids is 1. The Hall–Kier alpha value is -2.17. The van der Waals surface area contributed by atoms with Gasteiger partial charge < -0.3 is 10.4 Å². The summed E-state index contributed by atoms with van der Waals surface area (Å²) >= 11 is 0. The van der Waals surface area contributed by atoms with Gasteiger partial charge in [0.05, 0.1) is 0 Å². The second-order valence-corrected chi connectivity index (χ2v) is 3.35. The first kappa shape index (κ1) is 12.9. The molecule has 0 aliphatic heterocycles. The minimum absolute atomic E-state index is 0.133. The van der Waals surface area contributed by atoms with Crippen LogP contribution in [0.25, 0.3) is 0 Å². The van der Waals surface area contributed by atoms with E-state index in [1.807, 2.05) is 19.1 Å². The number of carbonyl (C=O) groups is 2. The molecule has 0 radical (unpaired) electrons. The third-order valence-corrected chi connectivity index (χ3v) is 2.07. The Labute approximate surface area is 99.2 Å². The smallest absolute Gasteiger partial charge is 0.354 e. The van der Waals surface area contributed by atoms with E-state index in [9.17, 15) is 9.59 Å². The predicted molar refractivity (Wildman–Crippen MR) is 63.0 cm³/mol. The molecule has 0 unspecified atom stereocenters. The molecule has 1 amide bonds. The molecule has 1 heterocycles. The molecule has 2 N–H and O–H groups in total. The first-order valence-corrected chi connectivity index (χ1v) is 5.24. The van der Waals surface area contributed by atoms with E-state index in [1.165, 1.54) is 18.3 Å². The average molecular weight is 234 g/mol. The van der Waals surface area contributed by atoms with E-state index in [0.29, 0.717) is 12.1 Å². The Morgan fingerprint density at radius 2 is 2.29 bits per heavy atom. The van der Waals surface area contributed by atoms with Crippen molar-refractivity contribution in [1.29, 1.82) is 0 Å². The van der Waals surface area contributed by atoms with E-state index in [2.05, 4.69) is 10.3 Å². The Bertz CT molecular complexity index is 441. The van der Waals surface area contributed by atoms with Gasteiger partial charge in [-0.25, -0.2) is 9.78 Å². The van der Waals surface area contributed by atoms with Crippen LogP contribution in [0.1, 0.15) is 34.2 Å². The largest absolute Gasteiger partial charge is 0.477 e. The van der Waals surface area contributed by atoms with Crippen molar-refractivity contribution in [1.82, 2.24) is 10.3 Å². The molecule has 1 rings (SSSR count). The van der Waals surface area contributed by atoms with Gasteiger partial charge in [-0.3, -0.25) is 4.79 Å². The minimum Gasteiger partial charge on any atom is -0.477 e. The van der Waals surface area contributed by atoms with Crippen molar-refractivity contribution in [2.75, 3.05) is 6.54 Å². The summed E-state index contributed by atoms with van der Waals surface area (Å²) in [4.78, 5) is 25.9. The molecule has 5 heteroatoms. The number of allylic oxidation sites excluding steroid dienone is 1. The summed E-state index contributed by atoms with van der Waals surface area (Å²) < 4.78 is 0. The molecule has 0 saturated carbocycles. The highest BCUT2D eigenvalue weighted by atomic mass is 16.4. The van der Waals surface area contributed by atoms with E-state index >= 15 is 0 Å². The van der Waals surface area contributed by atoms with Gasteiger partial charge in [0.2, 0.25) is 0 Å². The van der Waals surface area contributed by atoms with Gasteiger partial charge in [-0.05, 0) is 25.5 Å². The SMILES string of the molecule is C/C=C/CCNC(=O)c1ccnc(C(=O)O)c1. The molecule has 0 spiro atoms. The van der Waals surface area contributed by atoms with Gasteiger partial charge >= 0.3 is 5.97 Å². The zero-order valence-corrected chi connectivity index (χ0v) is 9.51. The van der Waals surface area contributed by atoms with E-state index < -0.39 is 5.97 Å². The predicted octanol–water partition coefficient (Wildman–Crippen LogP) is 1.48. The molecule has 0 aliphatic rings. The van der Waals surface area contributed by atoms with Crippen LogP contribution >= 0.6 is 0 Å². The molecule has 0 aromatic carbocycles. The molecule has 0 atom stereocenters. The van der Waals surface area contributed by atoms with E-state index in [1.54, 1.807) is 0 Å². The molecule has 0 bridgehead atoms. The summed E-state index contributed by atoms with van der Waals surface area (Å²) in [5.74, 6) is -1.44. The monoisotopic (exact) mass is 234 g/mol. The van der Waals surface area contributed by atoms with Crippen LogP contribution in [0.4, 0.5) is 0 Å². The van der Waals surface area contributed by atoms with Gasteiger partial charge in [0.1, 0.15) is 5.69 Å². The van der Waals surface area contributed by atoms with Gasteiger partial charge in [0, 0.05) is 18.3 Å². The molecule has 5 nitrogen and oxygen atoms in total. The zero-order chi connectivity index (χ0) is 12.7. The number of hydrogen-bond donors (Lipinski definition) is 2. The standard InChI is InChI=1S/C12H14N2O3/c1-2-3-4-6-14-11(15)9-5-7-13-10(8-9)12(16)17/h2-3,5,7-8H,4,6H2,1H3,(H,14,15)(H,16,17)/b3-2+. The maximum absolute atomic E-state index is 11.6. The maximum atomic E-state index is 11.6. The van der Waals surface area contributed by atoms with Gasteiger partial charge in [-0.15, -0.1) is 0 Å². The molecule has 0 aliphatic carbocycles. The number of pyridine rings is 1. The van der Waals surface area contributed by atoms with E-state index in [-0.39, 0.29) is 11.6 Å². The zero-order valence-electron chi connectivity index (χ0n) is 9.51. The summed E-state index contributed by atoms with van der Waals surface area (Å²) in [6.45, 7) is 2.43. The summed E-state index contributed by atoms with van der Waals surface area (Å²) in [5, 5.41) is 11.4. The van der Waals surface area contributed by atoms with Crippen LogP contribution in [0.5, 0.6) is 0 Å². The van der Waals surface area contributed by atoms with Crippen molar-refractivity contribution in [3.63, 3.8) is 0 Å². The van der Waals surface area contributed by atoms with Gasteiger partial charge in [-0.2, -0.15) is 0 Å². The molecule has 1 aromatic rings. The van der Waals surface area contributed by atoms with Crippen molar-refractivity contribution in [2.24, 2.45) is 0 Å². The number of hydrogen-bond acceptors (Lipinski definition) is 3. The summed E-state index contributed by atoms with van der Waals surface area (Å²) in [7, 11) is 0. The number of aromatic nitrogens is 1. The summed E-state index contributed by atoms with van der Waals surface area (Å²) in [6.07, 6.45) is 5.90. The van der Waals surface area contributed by atoms with Gasteiger partial charge in [0.15, 0.2) is 0 Å². The Morgan fingerprint density at radius 1 is 1.53 bits per heavy atom. The lowest BCUT2D eigenvalue weighted by atomic mass is 10.2. The van der Waals surface area contributed by atoms with Crippen LogP contribution in [0, 0.1) is 0 Å². The summed E-state index contributed by atoms with van der Waals surface area (Å²) in [5.41, 5.74) is 0.170. The van der Waals surface area contributed by atoms with Crippen molar-refractivity contribution in [3.8, 4) is 0 Å². The lowest BCUT2D eigenvalue weighted by molar-refractivity contribution is 0.0690. The number of carbonyl (C=O) groups excluding carboxylic acids is 1. The van der Waals surface area contributed by atoms with Crippen LogP contribution in [0.15, 0.2) is 30.5 Å². The van der Waals surface area contributed by atoms with Crippen molar-refractivity contribution >= 4 is 11.9 Å². The first-order chi connectivity index (χ1) is 8.15. The van der Waals surface area contributed by atoms with Gasteiger partial charge in [0.25, 0.3) is 5.91 Å². The minimum atomic E-state index is -1.14. The number of carboxylic acid groups (broad SMARTS) is 1. The highest BCUT2D eigenvalue weighted by Gasteiger charge is 2.09. The van der Waals surface area contributed by atoms with Crippen LogP contribution < -0.4 is 5.32 Å². The van der Waals surface area contributed by atoms with Crippen molar-refractivity contribution in [3.05, 3.63) is 41.7 Å².